The van der Waals surface area contributed by atoms with Gasteiger partial charge < -0.3 is 4.90 Å². The fraction of sp³-hybridized carbons (Fsp3) is 0.800. The van der Waals surface area contributed by atoms with Gasteiger partial charge in [-0.1, -0.05) is 13.8 Å². The quantitative estimate of drug-likeness (QED) is 0.655. The summed E-state index contributed by atoms with van der Waals surface area (Å²) in [6, 6.07) is -0.132. The van der Waals surface area contributed by atoms with Crippen LogP contribution in [0.25, 0.3) is 0 Å². The van der Waals surface area contributed by atoms with E-state index in [1.165, 1.54) is 0 Å². The molecular formula is C10H19NO2. The van der Waals surface area contributed by atoms with Crippen LogP contribution >= 0.6 is 0 Å². The van der Waals surface area contributed by atoms with Gasteiger partial charge in [0, 0.05) is 13.0 Å². The predicted octanol–water partition coefficient (Wildman–Crippen LogP) is 1.61. The summed E-state index contributed by atoms with van der Waals surface area (Å²) in [5, 5.41) is 0. The molecule has 0 N–H and O–H groups in total. The lowest BCUT2D eigenvalue weighted by Crippen LogP contribution is -2.37. The lowest BCUT2D eigenvalue weighted by atomic mass is 10.1. The molecule has 0 bridgehead atoms. The number of Topliss-reactive ketones (excluding diaryl/α,β-unsaturated/α-hetero) is 1. The molecule has 0 aromatic carbocycles. The van der Waals surface area contributed by atoms with E-state index in [4.69, 9.17) is 0 Å². The minimum absolute atomic E-state index is 0.109. The number of carbonyl (C=O) groups is 2. The molecule has 1 amide bonds. The van der Waals surface area contributed by atoms with Crippen LogP contribution in [0.2, 0.25) is 0 Å². The lowest BCUT2D eigenvalue weighted by Gasteiger charge is -2.20. The summed E-state index contributed by atoms with van der Waals surface area (Å²) >= 11 is 0. The zero-order valence-electron chi connectivity index (χ0n) is 8.96. The average Bonchev–Trinajstić information content (AvgIpc) is 2.50. The van der Waals surface area contributed by atoms with Crippen molar-refractivity contribution >= 4 is 11.7 Å². The van der Waals surface area contributed by atoms with E-state index in [2.05, 4.69) is 0 Å². The smallest absolute Gasteiger partial charge is 0.223 e. The first kappa shape index (κ1) is 12.1. The predicted molar refractivity (Wildman–Crippen MR) is 52.4 cm³/mol. The zero-order chi connectivity index (χ0) is 10.4. The van der Waals surface area contributed by atoms with Crippen LogP contribution in [0.3, 0.4) is 0 Å². The maximum atomic E-state index is 11.1. The second kappa shape index (κ2) is 5.73. The van der Waals surface area contributed by atoms with Gasteiger partial charge in [-0.3, -0.25) is 9.59 Å². The number of hydrogen-bond acceptors (Lipinski definition) is 2. The monoisotopic (exact) mass is 185 g/mol. The normalized spacial score (nSPS) is 21.1. The Hall–Kier alpha value is -0.860. The Morgan fingerprint density at radius 2 is 2.08 bits per heavy atom. The molecular weight excluding hydrogens is 166 g/mol. The molecule has 1 heterocycles. The first-order valence-corrected chi connectivity index (χ1v) is 4.96. The van der Waals surface area contributed by atoms with Gasteiger partial charge in [-0.25, -0.2) is 0 Å². The summed E-state index contributed by atoms with van der Waals surface area (Å²) < 4.78 is 0. The molecule has 1 atom stereocenters. The van der Waals surface area contributed by atoms with Gasteiger partial charge >= 0.3 is 0 Å². The molecule has 0 aliphatic carbocycles. The summed E-state index contributed by atoms with van der Waals surface area (Å²) in [4.78, 5) is 23.7. The average molecular weight is 185 g/mol. The van der Waals surface area contributed by atoms with E-state index in [0.29, 0.717) is 19.4 Å². The molecule has 0 saturated carbocycles. The molecule has 0 aromatic rings. The molecule has 3 heteroatoms. The molecule has 1 aliphatic rings. The molecule has 1 saturated heterocycles. The van der Waals surface area contributed by atoms with E-state index in [9.17, 15) is 9.59 Å². The number of likely N-dealkylation sites (tertiary alicyclic amines) is 1. The van der Waals surface area contributed by atoms with Crippen LogP contribution in [0.4, 0.5) is 0 Å². The van der Waals surface area contributed by atoms with Crippen LogP contribution in [0.5, 0.6) is 0 Å². The van der Waals surface area contributed by atoms with Crippen molar-refractivity contribution in [3.05, 3.63) is 0 Å². The number of nitrogens with zero attached hydrogens (tertiary/aromatic N) is 1. The topological polar surface area (TPSA) is 37.4 Å². The molecule has 3 nitrogen and oxygen atoms in total. The number of rotatable bonds is 2. The summed E-state index contributed by atoms with van der Waals surface area (Å²) in [7, 11) is 0. The Bertz CT molecular complexity index is 189. The highest BCUT2D eigenvalue weighted by Crippen LogP contribution is 2.18. The number of hydrogen-bond donors (Lipinski definition) is 0. The van der Waals surface area contributed by atoms with Crippen LogP contribution < -0.4 is 0 Å². The van der Waals surface area contributed by atoms with Crippen LogP contribution in [0.1, 0.15) is 40.5 Å². The van der Waals surface area contributed by atoms with E-state index in [0.717, 1.165) is 0 Å². The second-order valence-corrected chi connectivity index (χ2v) is 2.84. The van der Waals surface area contributed by atoms with Crippen molar-refractivity contribution in [2.24, 2.45) is 0 Å². The van der Waals surface area contributed by atoms with Gasteiger partial charge in [-0.05, 0) is 20.3 Å². The molecule has 13 heavy (non-hydrogen) atoms. The Kier molecular flexibility index (Phi) is 5.35. The minimum Gasteiger partial charge on any atom is -0.333 e. The summed E-state index contributed by atoms with van der Waals surface area (Å²) in [6.07, 6.45) is 1.25. The van der Waals surface area contributed by atoms with Gasteiger partial charge in [0.2, 0.25) is 5.91 Å². The molecule has 0 spiro atoms. The minimum atomic E-state index is -0.132. The van der Waals surface area contributed by atoms with Crippen LogP contribution in [0.15, 0.2) is 0 Å². The largest absolute Gasteiger partial charge is 0.333 e. The van der Waals surface area contributed by atoms with Crippen LogP contribution in [-0.4, -0.2) is 29.2 Å². The Balaban J connectivity index is 0.000000671. The maximum absolute atomic E-state index is 11.1. The van der Waals surface area contributed by atoms with Crippen molar-refractivity contribution in [1.29, 1.82) is 0 Å². The van der Waals surface area contributed by atoms with Crippen molar-refractivity contribution in [3.8, 4) is 0 Å². The maximum Gasteiger partial charge on any atom is 0.223 e. The Morgan fingerprint density at radius 1 is 1.54 bits per heavy atom. The van der Waals surface area contributed by atoms with Gasteiger partial charge in [0.25, 0.3) is 0 Å². The molecule has 1 rings (SSSR count). The third-order valence-electron chi connectivity index (χ3n) is 2.14. The van der Waals surface area contributed by atoms with E-state index in [-0.39, 0.29) is 17.7 Å². The fourth-order valence-electron chi connectivity index (χ4n) is 1.55. The summed E-state index contributed by atoms with van der Waals surface area (Å²) in [5.74, 6) is 0.227. The highest BCUT2D eigenvalue weighted by atomic mass is 16.2. The highest BCUT2D eigenvalue weighted by molar-refractivity contribution is 5.90. The second-order valence-electron chi connectivity index (χ2n) is 2.84. The van der Waals surface area contributed by atoms with Gasteiger partial charge in [-0.15, -0.1) is 0 Å². The highest BCUT2D eigenvalue weighted by Gasteiger charge is 2.32. The van der Waals surface area contributed by atoms with E-state index < -0.39 is 0 Å². The molecule has 76 valence electrons. The number of amides is 1. The van der Waals surface area contributed by atoms with Crippen molar-refractivity contribution in [1.82, 2.24) is 4.90 Å². The number of ketones is 1. The van der Waals surface area contributed by atoms with Crippen molar-refractivity contribution in [2.75, 3.05) is 6.54 Å². The third-order valence-corrected chi connectivity index (χ3v) is 2.14. The molecule has 0 aromatic heterocycles. The standard InChI is InChI=1S/C8H13NO2.C2H6/c1-3-9-7(6(2)10)4-5-8(9)11;1-2/h7H,3-5H2,1-2H3;1-2H3. The van der Waals surface area contributed by atoms with Crippen LogP contribution in [-0.2, 0) is 9.59 Å². The van der Waals surface area contributed by atoms with Gasteiger partial charge in [0.15, 0.2) is 5.78 Å². The van der Waals surface area contributed by atoms with Crippen molar-refractivity contribution in [3.63, 3.8) is 0 Å². The van der Waals surface area contributed by atoms with E-state index in [1.54, 1.807) is 11.8 Å². The molecule has 1 aliphatic heterocycles. The first-order valence-electron chi connectivity index (χ1n) is 4.96. The van der Waals surface area contributed by atoms with E-state index >= 15 is 0 Å². The van der Waals surface area contributed by atoms with Gasteiger partial charge in [0.1, 0.15) is 0 Å². The van der Waals surface area contributed by atoms with Gasteiger partial charge in [0.05, 0.1) is 6.04 Å². The molecule has 1 fully saturated rings. The summed E-state index contributed by atoms with van der Waals surface area (Å²) in [6.45, 7) is 8.11. The lowest BCUT2D eigenvalue weighted by molar-refractivity contribution is -0.133. The van der Waals surface area contributed by atoms with Gasteiger partial charge in [-0.2, -0.15) is 0 Å². The Morgan fingerprint density at radius 3 is 2.38 bits per heavy atom. The summed E-state index contributed by atoms with van der Waals surface area (Å²) in [5.41, 5.74) is 0. The SMILES string of the molecule is CC.CCN1C(=O)CCC1C(C)=O. The van der Waals surface area contributed by atoms with Crippen LogP contribution in [0, 0.1) is 0 Å². The first-order chi connectivity index (χ1) is 6.16. The Labute approximate surface area is 80.1 Å². The zero-order valence-corrected chi connectivity index (χ0v) is 8.96. The van der Waals surface area contributed by atoms with Crippen molar-refractivity contribution in [2.45, 2.75) is 46.6 Å². The fourth-order valence-corrected chi connectivity index (χ4v) is 1.55. The van der Waals surface area contributed by atoms with Crippen molar-refractivity contribution < 1.29 is 9.59 Å². The number of likely N-dealkylation sites (N-methyl/N-ethyl adjacent to an activating group) is 1. The third kappa shape index (κ3) is 2.83. The number of carbonyl (C=O) groups excluding carboxylic acids is 2. The molecule has 1 unspecified atom stereocenters. The molecule has 0 radical (unpaired) electrons. The van der Waals surface area contributed by atoms with E-state index in [1.807, 2.05) is 20.8 Å².